The highest BCUT2D eigenvalue weighted by atomic mass is 16.2. The highest BCUT2D eigenvalue weighted by molar-refractivity contribution is 5.92. The van der Waals surface area contributed by atoms with Crippen LogP contribution in [-0.4, -0.2) is 27.3 Å². The van der Waals surface area contributed by atoms with E-state index in [2.05, 4.69) is 25.9 Å². The lowest BCUT2D eigenvalue weighted by atomic mass is 10.1. The molecule has 1 heterocycles. The van der Waals surface area contributed by atoms with Gasteiger partial charge in [-0.25, -0.2) is 9.97 Å². The molecule has 0 aliphatic heterocycles. The van der Waals surface area contributed by atoms with E-state index in [4.69, 9.17) is 0 Å². The summed E-state index contributed by atoms with van der Waals surface area (Å²) in [7, 11) is 0. The maximum atomic E-state index is 12.0. The van der Waals surface area contributed by atoms with Gasteiger partial charge in [0.05, 0.1) is 12.4 Å². The Morgan fingerprint density at radius 3 is 2.33 bits per heavy atom. The molecule has 126 valence electrons. The molecule has 0 spiro atoms. The van der Waals surface area contributed by atoms with Crippen molar-refractivity contribution in [3.8, 4) is 0 Å². The lowest BCUT2D eigenvalue weighted by molar-refractivity contribution is -0.114. The second-order valence-corrected chi connectivity index (χ2v) is 6.38. The fourth-order valence-electron chi connectivity index (χ4n) is 1.94. The molecular formula is C17H21N5O2. The third kappa shape index (κ3) is 5.35. The van der Waals surface area contributed by atoms with E-state index >= 15 is 0 Å². The van der Waals surface area contributed by atoms with Crippen molar-refractivity contribution in [1.82, 2.24) is 15.3 Å². The van der Waals surface area contributed by atoms with E-state index in [-0.39, 0.29) is 23.0 Å². The monoisotopic (exact) mass is 327 g/mol. The van der Waals surface area contributed by atoms with Crippen LogP contribution in [-0.2, 0) is 4.79 Å². The molecule has 0 unspecified atom stereocenters. The normalized spacial score (nSPS) is 10.8. The molecule has 0 atom stereocenters. The van der Waals surface area contributed by atoms with Crippen molar-refractivity contribution < 1.29 is 9.59 Å². The Kier molecular flexibility index (Phi) is 5.13. The maximum Gasteiger partial charge on any atom is 0.271 e. The van der Waals surface area contributed by atoms with Crippen LogP contribution in [0, 0.1) is 0 Å². The molecule has 7 nitrogen and oxygen atoms in total. The van der Waals surface area contributed by atoms with Crippen LogP contribution in [0.3, 0.4) is 0 Å². The maximum absolute atomic E-state index is 12.0. The first-order valence-corrected chi connectivity index (χ1v) is 7.52. The fraction of sp³-hybridized carbons (Fsp3) is 0.294. The van der Waals surface area contributed by atoms with Crippen LogP contribution < -0.4 is 16.0 Å². The van der Waals surface area contributed by atoms with Crippen molar-refractivity contribution >= 4 is 29.0 Å². The van der Waals surface area contributed by atoms with E-state index in [1.165, 1.54) is 19.3 Å². The number of hydrogen-bond acceptors (Lipinski definition) is 5. The summed E-state index contributed by atoms with van der Waals surface area (Å²) in [5, 5.41) is 8.61. The first-order valence-electron chi connectivity index (χ1n) is 7.52. The molecule has 24 heavy (non-hydrogen) atoms. The minimum absolute atomic E-state index is 0.138. The first-order chi connectivity index (χ1) is 11.2. The molecule has 0 aliphatic rings. The van der Waals surface area contributed by atoms with Gasteiger partial charge >= 0.3 is 0 Å². The number of carbonyl (C=O) groups is 2. The highest BCUT2D eigenvalue weighted by Crippen LogP contribution is 2.18. The van der Waals surface area contributed by atoms with Crippen LogP contribution in [0.4, 0.5) is 17.2 Å². The minimum Gasteiger partial charge on any atom is -0.346 e. The predicted octanol–water partition coefficient (Wildman–Crippen LogP) is 2.71. The van der Waals surface area contributed by atoms with Crippen LogP contribution in [0.5, 0.6) is 0 Å². The zero-order valence-electron chi connectivity index (χ0n) is 14.2. The Balaban J connectivity index is 2.06. The van der Waals surface area contributed by atoms with Gasteiger partial charge in [-0.1, -0.05) is 6.07 Å². The van der Waals surface area contributed by atoms with E-state index in [0.29, 0.717) is 11.5 Å². The molecule has 0 radical (unpaired) electrons. The topological polar surface area (TPSA) is 96.0 Å². The van der Waals surface area contributed by atoms with Crippen LogP contribution in [0.15, 0.2) is 36.7 Å². The van der Waals surface area contributed by atoms with Crippen molar-refractivity contribution in [3.63, 3.8) is 0 Å². The van der Waals surface area contributed by atoms with Crippen LogP contribution in [0.25, 0.3) is 0 Å². The van der Waals surface area contributed by atoms with Gasteiger partial charge in [-0.2, -0.15) is 0 Å². The summed E-state index contributed by atoms with van der Waals surface area (Å²) >= 11 is 0. The quantitative estimate of drug-likeness (QED) is 0.802. The summed E-state index contributed by atoms with van der Waals surface area (Å²) in [6.45, 7) is 7.15. The summed E-state index contributed by atoms with van der Waals surface area (Å²) in [5.74, 6) is 0.0950. The standard InChI is InChI=1S/C17H21N5O2/c1-11(23)20-12-6-5-7-13(8-12)21-15-10-18-14(9-19-15)16(24)22-17(2,3)4/h5-10H,1-4H3,(H,19,21)(H,20,23)(H,22,24). The second kappa shape index (κ2) is 7.08. The Morgan fingerprint density at radius 1 is 1.04 bits per heavy atom. The number of benzene rings is 1. The molecule has 2 rings (SSSR count). The van der Waals surface area contributed by atoms with Crippen molar-refractivity contribution in [1.29, 1.82) is 0 Å². The SMILES string of the molecule is CC(=O)Nc1cccc(Nc2cnc(C(=O)NC(C)(C)C)cn2)c1. The zero-order chi connectivity index (χ0) is 17.7. The van der Waals surface area contributed by atoms with Gasteiger partial charge in [0.1, 0.15) is 11.5 Å². The predicted molar refractivity (Wildman–Crippen MR) is 93.3 cm³/mol. The van der Waals surface area contributed by atoms with Gasteiger partial charge in [0.25, 0.3) is 5.91 Å². The van der Waals surface area contributed by atoms with Crippen molar-refractivity contribution in [2.75, 3.05) is 10.6 Å². The molecular weight excluding hydrogens is 306 g/mol. The number of rotatable bonds is 4. The smallest absolute Gasteiger partial charge is 0.271 e. The van der Waals surface area contributed by atoms with Gasteiger partial charge in [-0.15, -0.1) is 0 Å². The number of anilines is 3. The van der Waals surface area contributed by atoms with Crippen molar-refractivity contribution in [2.45, 2.75) is 33.2 Å². The number of amides is 2. The Hall–Kier alpha value is -2.96. The highest BCUT2D eigenvalue weighted by Gasteiger charge is 2.16. The van der Waals surface area contributed by atoms with E-state index in [0.717, 1.165) is 5.69 Å². The number of carbonyl (C=O) groups excluding carboxylic acids is 2. The molecule has 0 fully saturated rings. The summed E-state index contributed by atoms with van der Waals surface area (Å²) in [4.78, 5) is 31.4. The van der Waals surface area contributed by atoms with Gasteiger partial charge in [-0.05, 0) is 39.0 Å². The van der Waals surface area contributed by atoms with Gasteiger partial charge in [-0.3, -0.25) is 9.59 Å². The summed E-state index contributed by atoms with van der Waals surface area (Å²) < 4.78 is 0. The van der Waals surface area contributed by atoms with Crippen LogP contribution in [0.2, 0.25) is 0 Å². The summed E-state index contributed by atoms with van der Waals surface area (Å²) in [6, 6.07) is 7.22. The number of aromatic nitrogens is 2. The molecule has 3 N–H and O–H groups in total. The Morgan fingerprint density at radius 2 is 1.75 bits per heavy atom. The molecule has 0 bridgehead atoms. The lowest BCUT2D eigenvalue weighted by Crippen LogP contribution is -2.40. The van der Waals surface area contributed by atoms with E-state index in [9.17, 15) is 9.59 Å². The Labute approximate surface area is 140 Å². The number of nitrogens with one attached hydrogen (secondary N) is 3. The summed E-state index contributed by atoms with van der Waals surface area (Å²) in [5.41, 5.74) is 1.35. The van der Waals surface area contributed by atoms with Gasteiger partial charge in [0.15, 0.2) is 0 Å². The van der Waals surface area contributed by atoms with Gasteiger partial charge < -0.3 is 16.0 Å². The largest absolute Gasteiger partial charge is 0.346 e. The first kappa shape index (κ1) is 17.4. The third-order valence-electron chi connectivity index (χ3n) is 2.83. The Bertz CT molecular complexity index is 735. The van der Waals surface area contributed by atoms with E-state index in [1.54, 1.807) is 12.1 Å². The lowest BCUT2D eigenvalue weighted by Gasteiger charge is -2.19. The molecule has 2 aromatic rings. The molecule has 0 saturated carbocycles. The number of hydrogen-bond donors (Lipinski definition) is 3. The minimum atomic E-state index is -0.333. The average Bonchev–Trinajstić information content (AvgIpc) is 2.46. The number of nitrogens with zero attached hydrogens (tertiary/aromatic N) is 2. The molecule has 0 saturated heterocycles. The molecule has 2 amide bonds. The third-order valence-corrected chi connectivity index (χ3v) is 2.83. The zero-order valence-corrected chi connectivity index (χ0v) is 14.2. The van der Waals surface area contributed by atoms with E-state index < -0.39 is 0 Å². The molecule has 7 heteroatoms. The van der Waals surface area contributed by atoms with Crippen LogP contribution >= 0.6 is 0 Å². The average molecular weight is 327 g/mol. The molecule has 1 aromatic carbocycles. The van der Waals surface area contributed by atoms with Gasteiger partial charge in [0.2, 0.25) is 5.91 Å². The van der Waals surface area contributed by atoms with Crippen molar-refractivity contribution in [2.24, 2.45) is 0 Å². The molecule has 0 aliphatic carbocycles. The van der Waals surface area contributed by atoms with E-state index in [1.807, 2.05) is 32.9 Å². The van der Waals surface area contributed by atoms with Gasteiger partial charge in [0, 0.05) is 23.8 Å². The summed E-state index contributed by atoms with van der Waals surface area (Å²) in [6.07, 6.45) is 2.91. The fourth-order valence-corrected chi connectivity index (χ4v) is 1.94. The second-order valence-electron chi connectivity index (χ2n) is 6.38. The van der Waals surface area contributed by atoms with Crippen molar-refractivity contribution in [3.05, 3.63) is 42.4 Å². The van der Waals surface area contributed by atoms with Crippen LogP contribution in [0.1, 0.15) is 38.2 Å². The molecule has 1 aromatic heterocycles.